The Hall–Kier alpha value is -0.960. The molecule has 2 rings (SSSR count). The van der Waals surface area contributed by atoms with Gasteiger partial charge in [-0.15, -0.1) is 11.3 Å². The van der Waals surface area contributed by atoms with Crippen molar-refractivity contribution in [3.8, 4) is 0 Å². The summed E-state index contributed by atoms with van der Waals surface area (Å²) in [6.45, 7) is 1.78. The van der Waals surface area contributed by atoms with Crippen LogP contribution in [0.15, 0.2) is 21.7 Å². The highest BCUT2D eigenvalue weighted by atomic mass is 32.2. The summed E-state index contributed by atoms with van der Waals surface area (Å²) in [5.41, 5.74) is -1.42. The lowest BCUT2D eigenvalue weighted by molar-refractivity contribution is -0.161. The van der Waals surface area contributed by atoms with Crippen molar-refractivity contribution >= 4 is 27.3 Å². The number of thiophene rings is 1. The third kappa shape index (κ3) is 2.85. The monoisotopic (exact) mass is 333 g/mol. The van der Waals surface area contributed by atoms with Gasteiger partial charge in [0.05, 0.1) is 6.10 Å². The van der Waals surface area contributed by atoms with Crippen LogP contribution in [0.3, 0.4) is 0 Å². The largest absolute Gasteiger partial charge is 0.481 e. The number of aliphatic hydroxyl groups is 1. The predicted molar refractivity (Wildman–Crippen MR) is 78.7 cm³/mol. The van der Waals surface area contributed by atoms with E-state index in [1.54, 1.807) is 11.4 Å². The number of carboxylic acid groups (broad SMARTS) is 1. The molecule has 0 bridgehead atoms. The minimum atomic E-state index is -3.69. The smallest absolute Gasteiger partial charge is 0.313 e. The summed E-state index contributed by atoms with van der Waals surface area (Å²) in [5.74, 6) is -1.14. The number of aliphatic hydroxyl groups excluding tert-OH is 1. The summed E-state index contributed by atoms with van der Waals surface area (Å²) < 4.78 is 26.5. The topological polar surface area (TPSA) is 94.9 Å². The molecular weight excluding hydrogens is 314 g/mol. The first kappa shape index (κ1) is 16.4. The summed E-state index contributed by atoms with van der Waals surface area (Å²) in [4.78, 5) is 11.7. The van der Waals surface area contributed by atoms with Crippen LogP contribution in [0.2, 0.25) is 0 Å². The quantitative estimate of drug-likeness (QED) is 0.849. The lowest BCUT2D eigenvalue weighted by Crippen LogP contribution is -2.57. The van der Waals surface area contributed by atoms with Crippen molar-refractivity contribution in [2.75, 3.05) is 13.1 Å². The number of carbonyl (C=O) groups is 1. The molecule has 2 N–H and O–H groups in total. The van der Waals surface area contributed by atoms with Crippen LogP contribution >= 0.6 is 11.3 Å². The maximum absolute atomic E-state index is 12.5. The van der Waals surface area contributed by atoms with Crippen molar-refractivity contribution in [3.05, 3.63) is 17.5 Å². The zero-order valence-electron chi connectivity index (χ0n) is 11.7. The van der Waals surface area contributed by atoms with Crippen molar-refractivity contribution in [2.24, 2.45) is 5.41 Å². The fourth-order valence-corrected chi connectivity index (χ4v) is 5.46. The molecule has 0 aromatic carbocycles. The van der Waals surface area contributed by atoms with E-state index in [9.17, 15) is 23.4 Å². The molecule has 0 spiro atoms. The van der Waals surface area contributed by atoms with Gasteiger partial charge in [0.1, 0.15) is 9.62 Å². The molecule has 6 nitrogen and oxygen atoms in total. The molecule has 8 heteroatoms. The Labute approximate surface area is 128 Å². The summed E-state index contributed by atoms with van der Waals surface area (Å²) in [5, 5.41) is 21.3. The molecule has 0 unspecified atom stereocenters. The van der Waals surface area contributed by atoms with Crippen molar-refractivity contribution < 1.29 is 23.4 Å². The van der Waals surface area contributed by atoms with Crippen molar-refractivity contribution in [1.29, 1.82) is 0 Å². The first-order chi connectivity index (χ1) is 9.84. The van der Waals surface area contributed by atoms with Gasteiger partial charge >= 0.3 is 5.97 Å². The Bertz CT molecular complexity index is 598. The zero-order valence-corrected chi connectivity index (χ0v) is 13.4. The van der Waals surface area contributed by atoms with E-state index in [1.807, 2.05) is 6.92 Å². The number of sulfonamides is 1. The second-order valence-electron chi connectivity index (χ2n) is 5.29. The average Bonchev–Trinajstić information content (AvgIpc) is 2.95. The van der Waals surface area contributed by atoms with E-state index in [2.05, 4.69) is 0 Å². The fourth-order valence-electron chi connectivity index (χ4n) is 2.79. The van der Waals surface area contributed by atoms with Gasteiger partial charge < -0.3 is 10.2 Å². The molecule has 0 radical (unpaired) electrons. The Balaban J connectivity index is 2.34. The standard InChI is InChI=1S/C13H19NO5S2/c1-2-6-13(12(16)17)9-14(7-5-10(13)15)21(18,19)11-4-3-8-20-11/h3-4,8,10,15H,2,5-7,9H2,1H3,(H,16,17)/t10-,13-/m0/s1. The molecule has 0 aliphatic carbocycles. The number of nitrogens with zero attached hydrogens (tertiary/aromatic N) is 1. The summed E-state index contributed by atoms with van der Waals surface area (Å²) in [6, 6.07) is 3.15. The minimum Gasteiger partial charge on any atom is -0.481 e. The maximum Gasteiger partial charge on any atom is 0.313 e. The predicted octanol–water partition coefficient (Wildman–Crippen LogP) is 1.37. The molecule has 1 aliphatic heterocycles. The van der Waals surface area contributed by atoms with Gasteiger partial charge in [0.25, 0.3) is 10.0 Å². The second-order valence-corrected chi connectivity index (χ2v) is 8.40. The van der Waals surface area contributed by atoms with Gasteiger partial charge in [-0.2, -0.15) is 4.31 Å². The molecule has 1 aromatic heterocycles. The molecule has 0 amide bonds. The second kappa shape index (κ2) is 6.04. The fraction of sp³-hybridized carbons (Fsp3) is 0.615. The van der Waals surface area contributed by atoms with Crippen LogP contribution in [0, 0.1) is 5.41 Å². The van der Waals surface area contributed by atoms with Gasteiger partial charge in [-0.1, -0.05) is 19.4 Å². The van der Waals surface area contributed by atoms with Crippen molar-refractivity contribution in [2.45, 2.75) is 36.5 Å². The molecular formula is C13H19NO5S2. The average molecular weight is 333 g/mol. The first-order valence-electron chi connectivity index (χ1n) is 6.79. The van der Waals surface area contributed by atoms with Gasteiger partial charge in [-0.3, -0.25) is 4.79 Å². The van der Waals surface area contributed by atoms with E-state index < -0.39 is 27.5 Å². The molecule has 21 heavy (non-hydrogen) atoms. The van der Waals surface area contributed by atoms with Gasteiger partial charge in [0.15, 0.2) is 0 Å². The molecule has 118 valence electrons. The van der Waals surface area contributed by atoms with Crippen LogP contribution in [0.25, 0.3) is 0 Å². The zero-order chi connectivity index (χ0) is 15.7. The molecule has 0 saturated carbocycles. The number of hydrogen-bond donors (Lipinski definition) is 2. The van der Waals surface area contributed by atoms with Crippen LogP contribution in [-0.4, -0.2) is 48.1 Å². The van der Waals surface area contributed by atoms with E-state index in [4.69, 9.17) is 0 Å². The van der Waals surface area contributed by atoms with Gasteiger partial charge in [0.2, 0.25) is 0 Å². The minimum absolute atomic E-state index is 0.136. The molecule has 1 fully saturated rings. The number of carboxylic acids is 1. The summed E-state index contributed by atoms with van der Waals surface area (Å²) in [6.07, 6.45) is -0.0719. The molecule has 2 heterocycles. The van der Waals surface area contributed by atoms with E-state index in [0.717, 1.165) is 11.3 Å². The van der Waals surface area contributed by atoms with Crippen LogP contribution in [0.4, 0.5) is 0 Å². The number of rotatable bonds is 5. The van der Waals surface area contributed by atoms with Crippen molar-refractivity contribution in [1.82, 2.24) is 4.31 Å². The van der Waals surface area contributed by atoms with Gasteiger partial charge in [0, 0.05) is 13.1 Å². The molecule has 1 aromatic rings. The highest BCUT2D eigenvalue weighted by molar-refractivity contribution is 7.91. The summed E-state index contributed by atoms with van der Waals surface area (Å²) >= 11 is 1.11. The van der Waals surface area contributed by atoms with E-state index in [0.29, 0.717) is 6.42 Å². The Morgan fingerprint density at radius 3 is 2.81 bits per heavy atom. The highest BCUT2D eigenvalue weighted by Gasteiger charge is 2.51. The van der Waals surface area contributed by atoms with Crippen LogP contribution in [-0.2, 0) is 14.8 Å². The lowest BCUT2D eigenvalue weighted by Gasteiger charge is -2.42. The maximum atomic E-state index is 12.5. The Morgan fingerprint density at radius 1 is 1.57 bits per heavy atom. The van der Waals surface area contributed by atoms with E-state index >= 15 is 0 Å². The molecule has 1 aliphatic rings. The van der Waals surface area contributed by atoms with Crippen molar-refractivity contribution in [3.63, 3.8) is 0 Å². The third-order valence-corrected chi connectivity index (χ3v) is 7.18. The molecule has 2 atom stereocenters. The normalized spacial score (nSPS) is 27.6. The number of hydrogen-bond acceptors (Lipinski definition) is 5. The van der Waals surface area contributed by atoms with Crippen LogP contribution < -0.4 is 0 Å². The number of aliphatic carboxylic acids is 1. The van der Waals surface area contributed by atoms with Gasteiger partial charge in [-0.25, -0.2) is 8.42 Å². The SMILES string of the molecule is CCC[C@]1(C(=O)O)CN(S(=O)(=O)c2cccs2)CC[C@@H]1O. The van der Waals surface area contributed by atoms with Crippen LogP contribution in [0.1, 0.15) is 26.2 Å². The van der Waals surface area contributed by atoms with E-state index in [-0.39, 0.29) is 30.1 Å². The van der Waals surface area contributed by atoms with E-state index in [1.165, 1.54) is 10.4 Å². The molecule has 1 saturated heterocycles. The Kier molecular flexibility index (Phi) is 4.72. The van der Waals surface area contributed by atoms with Gasteiger partial charge in [-0.05, 0) is 24.3 Å². The van der Waals surface area contributed by atoms with Crippen LogP contribution in [0.5, 0.6) is 0 Å². The highest BCUT2D eigenvalue weighted by Crippen LogP contribution is 2.38. The summed E-state index contributed by atoms with van der Waals surface area (Å²) in [7, 11) is -3.69. The first-order valence-corrected chi connectivity index (χ1v) is 9.11. The Morgan fingerprint density at radius 2 is 2.29 bits per heavy atom. The third-order valence-electron chi connectivity index (χ3n) is 3.96. The number of piperidine rings is 1. The lowest BCUT2D eigenvalue weighted by atomic mass is 9.74.